The van der Waals surface area contributed by atoms with Crippen LogP contribution in [-0.4, -0.2) is 12.5 Å². The molecule has 0 aliphatic rings. The molecule has 0 aliphatic carbocycles. The van der Waals surface area contributed by atoms with Crippen LogP contribution in [-0.2, 0) is 17.6 Å². The monoisotopic (exact) mass is 282 g/mol. The Morgan fingerprint density at radius 2 is 1.62 bits per heavy atom. The van der Waals surface area contributed by atoms with Gasteiger partial charge in [-0.15, -0.1) is 0 Å². The summed E-state index contributed by atoms with van der Waals surface area (Å²) in [7, 11) is 0. The number of nitrogens with two attached hydrogens (primary N) is 1. The summed E-state index contributed by atoms with van der Waals surface area (Å²) in [5.74, 6) is 0.0455. The van der Waals surface area contributed by atoms with Crippen molar-refractivity contribution in [3.63, 3.8) is 0 Å². The lowest BCUT2D eigenvalue weighted by atomic mass is 10.1. The molecule has 0 saturated carbocycles. The Morgan fingerprint density at radius 3 is 2.24 bits per heavy atom. The van der Waals surface area contributed by atoms with Gasteiger partial charge >= 0.3 is 0 Å². The maximum absolute atomic E-state index is 11.9. The van der Waals surface area contributed by atoms with Gasteiger partial charge < -0.3 is 11.1 Å². The Kier molecular flexibility index (Phi) is 4.99. The van der Waals surface area contributed by atoms with Gasteiger partial charge in [-0.25, -0.2) is 0 Å². The van der Waals surface area contributed by atoms with Gasteiger partial charge in [0.1, 0.15) is 0 Å². The summed E-state index contributed by atoms with van der Waals surface area (Å²) < 4.78 is 0. The molecule has 0 bridgehead atoms. The molecular weight excluding hydrogens is 260 g/mol. The van der Waals surface area contributed by atoms with Crippen LogP contribution in [0.2, 0.25) is 0 Å². The molecule has 21 heavy (non-hydrogen) atoms. The molecule has 3 nitrogen and oxygen atoms in total. The van der Waals surface area contributed by atoms with Crippen molar-refractivity contribution in [1.82, 2.24) is 5.32 Å². The smallest absolute Gasteiger partial charge is 0.224 e. The largest absolute Gasteiger partial charge is 0.399 e. The highest BCUT2D eigenvalue weighted by Gasteiger charge is 2.03. The fraction of sp³-hybridized carbons (Fsp3) is 0.278. The molecule has 0 atom stereocenters. The SMILES string of the molecule is Cc1cc(C)cc(CCNC(=O)Cc2ccc(N)cc2)c1. The van der Waals surface area contributed by atoms with Crippen molar-refractivity contribution in [1.29, 1.82) is 0 Å². The van der Waals surface area contributed by atoms with Gasteiger partial charge in [0, 0.05) is 12.2 Å². The van der Waals surface area contributed by atoms with Gasteiger partial charge in [-0.2, -0.15) is 0 Å². The van der Waals surface area contributed by atoms with Crippen molar-refractivity contribution in [3.05, 3.63) is 64.7 Å². The van der Waals surface area contributed by atoms with Crippen molar-refractivity contribution >= 4 is 11.6 Å². The highest BCUT2D eigenvalue weighted by atomic mass is 16.1. The number of nitrogen functional groups attached to an aromatic ring is 1. The van der Waals surface area contributed by atoms with Crippen LogP contribution in [0.4, 0.5) is 5.69 Å². The van der Waals surface area contributed by atoms with Crippen LogP contribution < -0.4 is 11.1 Å². The van der Waals surface area contributed by atoms with Gasteiger partial charge in [0.15, 0.2) is 0 Å². The molecule has 3 heteroatoms. The van der Waals surface area contributed by atoms with Crippen molar-refractivity contribution in [2.75, 3.05) is 12.3 Å². The molecule has 0 aliphatic heterocycles. The van der Waals surface area contributed by atoms with Gasteiger partial charge in [-0.05, 0) is 43.5 Å². The number of benzene rings is 2. The molecule has 0 heterocycles. The fourth-order valence-corrected chi connectivity index (χ4v) is 2.44. The van der Waals surface area contributed by atoms with Gasteiger partial charge in [-0.3, -0.25) is 4.79 Å². The molecule has 3 N–H and O–H groups in total. The Labute approximate surface area is 126 Å². The number of amides is 1. The molecule has 2 rings (SSSR count). The van der Waals surface area contributed by atoms with Crippen molar-refractivity contribution < 1.29 is 4.79 Å². The minimum Gasteiger partial charge on any atom is -0.399 e. The van der Waals surface area contributed by atoms with E-state index in [-0.39, 0.29) is 5.91 Å². The topological polar surface area (TPSA) is 55.1 Å². The minimum absolute atomic E-state index is 0.0455. The zero-order chi connectivity index (χ0) is 15.2. The lowest BCUT2D eigenvalue weighted by molar-refractivity contribution is -0.120. The van der Waals surface area contributed by atoms with Crippen LogP contribution in [0.1, 0.15) is 22.3 Å². The summed E-state index contributed by atoms with van der Waals surface area (Å²) in [5, 5.41) is 2.96. The van der Waals surface area contributed by atoms with Gasteiger partial charge in [-0.1, -0.05) is 41.5 Å². The van der Waals surface area contributed by atoms with Crippen molar-refractivity contribution in [2.24, 2.45) is 0 Å². The Morgan fingerprint density at radius 1 is 1.00 bits per heavy atom. The zero-order valence-electron chi connectivity index (χ0n) is 12.6. The van der Waals surface area contributed by atoms with Crippen LogP contribution >= 0.6 is 0 Å². The lowest BCUT2D eigenvalue weighted by Gasteiger charge is -2.07. The molecular formula is C18H22N2O. The van der Waals surface area contributed by atoms with Crippen LogP contribution in [0, 0.1) is 13.8 Å². The predicted octanol–water partition coefficient (Wildman–Crippen LogP) is 2.79. The number of aryl methyl sites for hydroxylation is 2. The first-order chi connectivity index (χ1) is 10.0. The van der Waals surface area contributed by atoms with E-state index in [2.05, 4.69) is 37.4 Å². The maximum atomic E-state index is 11.9. The number of hydrogen-bond acceptors (Lipinski definition) is 2. The van der Waals surface area contributed by atoms with E-state index < -0.39 is 0 Å². The van der Waals surface area contributed by atoms with Crippen molar-refractivity contribution in [3.8, 4) is 0 Å². The third-order valence-electron chi connectivity index (χ3n) is 3.36. The van der Waals surface area contributed by atoms with Crippen LogP contribution in [0.15, 0.2) is 42.5 Å². The average molecular weight is 282 g/mol. The number of carbonyl (C=O) groups is 1. The Bertz CT molecular complexity index is 597. The molecule has 110 valence electrons. The zero-order valence-corrected chi connectivity index (χ0v) is 12.6. The van der Waals surface area contributed by atoms with Gasteiger partial charge in [0.05, 0.1) is 6.42 Å². The summed E-state index contributed by atoms with van der Waals surface area (Å²) in [5.41, 5.74) is 11.1. The van der Waals surface area contributed by atoms with E-state index in [9.17, 15) is 4.79 Å². The number of carbonyl (C=O) groups excluding carboxylic acids is 1. The summed E-state index contributed by atoms with van der Waals surface area (Å²) in [6.45, 7) is 4.85. The summed E-state index contributed by atoms with van der Waals surface area (Å²) >= 11 is 0. The van der Waals surface area contributed by atoms with Gasteiger partial charge in [0.2, 0.25) is 5.91 Å². The maximum Gasteiger partial charge on any atom is 0.224 e. The second kappa shape index (κ2) is 6.93. The van der Waals surface area contributed by atoms with E-state index in [1.165, 1.54) is 16.7 Å². The normalized spacial score (nSPS) is 10.4. The summed E-state index contributed by atoms with van der Waals surface area (Å²) in [4.78, 5) is 11.9. The molecule has 1 amide bonds. The van der Waals surface area contributed by atoms with E-state index in [0.29, 0.717) is 18.7 Å². The van der Waals surface area contributed by atoms with E-state index in [0.717, 1.165) is 12.0 Å². The Hall–Kier alpha value is -2.29. The molecule has 0 fully saturated rings. The van der Waals surface area contributed by atoms with E-state index in [1.54, 1.807) is 0 Å². The summed E-state index contributed by atoms with van der Waals surface area (Å²) in [6, 6.07) is 13.9. The average Bonchev–Trinajstić information content (AvgIpc) is 2.40. The van der Waals surface area contributed by atoms with Gasteiger partial charge in [0.25, 0.3) is 0 Å². The standard InChI is InChI=1S/C18H22N2O/c1-13-9-14(2)11-16(10-13)7-8-20-18(21)12-15-3-5-17(19)6-4-15/h3-6,9-11H,7-8,12,19H2,1-2H3,(H,20,21). The Balaban J connectivity index is 1.80. The van der Waals surface area contributed by atoms with Crippen LogP contribution in [0.25, 0.3) is 0 Å². The molecule has 0 spiro atoms. The first kappa shape index (κ1) is 15.1. The third kappa shape index (κ3) is 4.95. The van der Waals surface area contributed by atoms with E-state index >= 15 is 0 Å². The number of anilines is 1. The minimum atomic E-state index is 0.0455. The van der Waals surface area contributed by atoms with E-state index in [4.69, 9.17) is 5.73 Å². The highest BCUT2D eigenvalue weighted by molar-refractivity contribution is 5.78. The third-order valence-corrected chi connectivity index (χ3v) is 3.36. The number of hydrogen-bond donors (Lipinski definition) is 2. The fourth-order valence-electron chi connectivity index (χ4n) is 2.44. The molecule has 0 aromatic heterocycles. The molecule has 0 saturated heterocycles. The summed E-state index contributed by atoms with van der Waals surface area (Å²) in [6.07, 6.45) is 1.25. The molecule has 0 radical (unpaired) electrons. The number of rotatable bonds is 5. The second-order valence-electron chi connectivity index (χ2n) is 5.51. The highest BCUT2D eigenvalue weighted by Crippen LogP contribution is 2.09. The molecule has 0 unspecified atom stereocenters. The van der Waals surface area contributed by atoms with Crippen molar-refractivity contribution in [2.45, 2.75) is 26.7 Å². The lowest BCUT2D eigenvalue weighted by Crippen LogP contribution is -2.27. The quantitative estimate of drug-likeness (QED) is 0.829. The predicted molar refractivity (Wildman–Crippen MR) is 87.2 cm³/mol. The first-order valence-corrected chi connectivity index (χ1v) is 7.21. The second-order valence-corrected chi connectivity index (χ2v) is 5.51. The van der Waals surface area contributed by atoms with E-state index in [1.807, 2.05) is 24.3 Å². The van der Waals surface area contributed by atoms with Crippen LogP contribution in [0.3, 0.4) is 0 Å². The first-order valence-electron chi connectivity index (χ1n) is 7.21. The van der Waals surface area contributed by atoms with Crippen LogP contribution in [0.5, 0.6) is 0 Å². The molecule has 2 aromatic rings. The molecule has 2 aromatic carbocycles. The number of nitrogens with one attached hydrogen (secondary N) is 1.